The lowest BCUT2D eigenvalue weighted by molar-refractivity contribution is 0.132. The predicted molar refractivity (Wildman–Crippen MR) is 90.6 cm³/mol. The third-order valence-electron chi connectivity index (χ3n) is 4.57. The summed E-state index contributed by atoms with van der Waals surface area (Å²) in [6.45, 7) is 15.7. The predicted octanol–water partition coefficient (Wildman–Crippen LogP) is 2.62. The van der Waals surface area contributed by atoms with Crippen molar-refractivity contribution in [3.8, 4) is 0 Å². The second kappa shape index (κ2) is 6.91. The molecule has 1 heterocycles. The number of benzene rings is 1. The van der Waals surface area contributed by atoms with Crippen LogP contribution in [-0.4, -0.2) is 49.1 Å². The number of likely N-dealkylation sites (N-methyl/N-ethyl adjacent to an activating group) is 1. The Hall–Kier alpha value is -0.900. The van der Waals surface area contributed by atoms with Crippen LogP contribution in [0.15, 0.2) is 24.3 Å². The Morgan fingerprint density at radius 3 is 2.00 bits per heavy atom. The minimum Gasteiger partial charge on any atom is -0.323 e. The van der Waals surface area contributed by atoms with Crippen LogP contribution in [0.4, 0.5) is 0 Å². The molecule has 0 spiro atoms. The number of hydrogen-bond donors (Lipinski definition) is 1. The van der Waals surface area contributed by atoms with Crippen LogP contribution in [-0.2, 0) is 5.41 Å². The molecule has 0 saturated carbocycles. The monoisotopic (exact) mass is 289 g/mol. The highest BCUT2D eigenvalue weighted by Crippen LogP contribution is 2.23. The van der Waals surface area contributed by atoms with Gasteiger partial charge >= 0.3 is 0 Å². The Bertz CT molecular complexity index is 425. The Labute approximate surface area is 130 Å². The van der Waals surface area contributed by atoms with E-state index in [0.29, 0.717) is 0 Å². The van der Waals surface area contributed by atoms with Gasteiger partial charge in [-0.15, -0.1) is 0 Å². The molecule has 0 bridgehead atoms. The van der Waals surface area contributed by atoms with Gasteiger partial charge in [0, 0.05) is 38.8 Å². The summed E-state index contributed by atoms with van der Waals surface area (Å²) in [5.41, 5.74) is 9.23. The molecule has 1 unspecified atom stereocenters. The van der Waals surface area contributed by atoms with Gasteiger partial charge in [-0.05, 0) is 23.1 Å². The van der Waals surface area contributed by atoms with Crippen LogP contribution in [0.5, 0.6) is 0 Å². The Kier molecular flexibility index (Phi) is 5.42. The lowest BCUT2D eigenvalue weighted by Gasteiger charge is -2.35. The van der Waals surface area contributed by atoms with Crippen LogP contribution in [0, 0.1) is 0 Å². The molecule has 1 atom stereocenters. The van der Waals surface area contributed by atoms with E-state index in [1.165, 1.54) is 24.2 Å². The van der Waals surface area contributed by atoms with Crippen molar-refractivity contribution in [2.75, 3.05) is 39.3 Å². The molecule has 0 radical (unpaired) electrons. The van der Waals surface area contributed by atoms with Gasteiger partial charge in [0.25, 0.3) is 0 Å². The number of piperazine rings is 1. The van der Waals surface area contributed by atoms with Crippen LogP contribution >= 0.6 is 0 Å². The number of rotatable bonds is 4. The summed E-state index contributed by atoms with van der Waals surface area (Å²) in [5, 5.41) is 0. The van der Waals surface area contributed by atoms with Gasteiger partial charge in [0.05, 0.1) is 0 Å². The fourth-order valence-electron chi connectivity index (χ4n) is 2.90. The Balaban J connectivity index is 1.90. The molecule has 1 aromatic carbocycles. The van der Waals surface area contributed by atoms with Crippen LogP contribution < -0.4 is 5.73 Å². The molecule has 118 valence electrons. The molecule has 1 aliphatic rings. The maximum Gasteiger partial charge on any atom is 0.0424 e. The van der Waals surface area contributed by atoms with E-state index in [1.807, 2.05) is 0 Å². The number of nitrogens with two attached hydrogens (primary N) is 1. The van der Waals surface area contributed by atoms with Crippen molar-refractivity contribution in [1.29, 1.82) is 0 Å². The molecule has 1 aliphatic heterocycles. The van der Waals surface area contributed by atoms with Crippen molar-refractivity contribution in [2.45, 2.75) is 39.2 Å². The van der Waals surface area contributed by atoms with Crippen molar-refractivity contribution >= 4 is 0 Å². The zero-order valence-electron chi connectivity index (χ0n) is 14.1. The Morgan fingerprint density at radius 2 is 1.52 bits per heavy atom. The van der Waals surface area contributed by atoms with Crippen molar-refractivity contribution in [2.24, 2.45) is 5.73 Å². The van der Waals surface area contributed by atoms with E-state index in [4.69, 9.17) is 5.73 Å². The van der Waals surface area contributed by atoms with Crippen LogP contribution in [0.1, 0.15) is 44.9 Å². The fourth-order valence-corrected chi connectivity index (χ4v) is 2.90. The quantitative estimate of drug-likeness (QED) is 0.925. The lowest BCUT2D eigenvalue weighted by Crippen LogP contribution is -2.48. The molecule has 3 heteroatoms. The first kappa shape index (κ1) is 16.5. The first-order valence-corrected chi connectivity index (χ1v) is 8.21. The number of nitrogens with zero attached hydrogens (tertiary/aromatic N) is 2. The summed E-state index contributed by atoms with van der Waals surface area (Å²) >= 11 is 0. The second-order valence-corrected chi connectivity index (χ2v) is 7.21. The maximum absolute atomic E-state index is 6.40. The van der Waals surface area contributed by atoms with Gasteiger partial charge in [0.15, 0.2) is 0 Å². The second-order valence-electron chi connectivity index (χ2n) is 7.21. The fraction of sp³-hybridized carbons (Fsp3) is 0.667. The van der Waals surface area contributed by atoms with Crippen LogP contribution in [0.2, 0.25) is 0 Å². The van der Waals surface area contributed by atoms with Crippen LogP contribution in [0.25, 0.3) is 0 Å². The smallest absolute Gasteiger partial charge is 0.0424 e. The highest BCUT2D eigenvalue weighted by Gasteiger charge is 2.19. The highest BCUT2D eigenvalue weighted by molar-refractivity contribution is 5.29. The lowest BCUT2D eigenvalue weighted by atomic mass is 9.86. The average molecular weight is 289 g/mol. The first-order valence-electron chi connectivity index (χ1n) is 8.21. The van der Waals surface area contributed by atoms with Gasteiger partial charge in [-0.25, -0.2) is 0 Å². The summed E-state index contributed by atoms with van der Waals surface area (Å²) in [7, 11) is 0. The molecular formula is C18H31N3. The van der Waals surface area contributed by atoms with E-state index in [-0.39, 0.29) is 11.5 Å². The maximum atomic E-state index is 6.40. The third kappa shape index (κ3) is 4.53. The first-order chi connectivity index (χ1) is 9.90. The normalized spacial score (nSPS) is 19.7. The van der Waals surface area contributed by atoms with E-state index in [1.54, 1.807) is 0 Å². The van der Waals surface area contributed by atoms with Gasteiger partial charge in [0.2, 0.25) is 0 Å². The summed E-state index contributed by atoms with van der Waals surface area (Å²) in [6.07, 6.45) is 0. The molecule has 2 rings (SSSR count). The average Bonchev–Trinajstić information content (AvgIpc) is 2.47. The number of hydrogen-bond acceptors (Lipinski definition) is 3. The minimum atomic E-state index is 0.118. The van der Waals surface area contributed by atoms with E-state index >= 15 is 0 Å². The van der Waals surface area contributed by atoms with Gasteiger partial charge in [-0.2, -0.15) is 0 Å². The van der Waals surface area contributed by atoms with Gasteiger partial charge in [-0.3, -0.25) is 4.90 Å². The zero-order chi connectivity index (χ0) is 15.5. The summed E-state index contributed by atoms with van der Waals surface area (Å²) in [6, 6.07) is 8.97. The van der Waals surface area contributed by atoms with Crippen molar-refractivity contribution < 1.29 is 0 Å². The summed E-state index contributed by atoms with van der Waals surface area (Å²) in [5.74, 6) is 0. The third-order valence-corrected chi connectivity index (χ3v) is 4.57. The molecule has 2 N–H and O–H groups in total. The molecule has 21 heavy (non-hydrogen) atoms. The van der Waals surface area contributed by atoms with Crippen molar-refractivity contribution in [1.82, 2.24) is 9.80 Å². The van der Waals surface area contributed by atoms with E-state index < -0.39 is 0 Å². The largest absolute Gasteiger partial charge is 0.323 e. The standard InChI is InChI=1S/C18H31N3/c1-5-20-10-12-21(13-11-20)14-17(19)15-6-8-16(9-7-15)18(2,3)4/h6-9,17H,5,10-14,19H2,1-4H3. The zero-order valence-corrected chi connectivity index (χ0v) is 14.1. The summed E-state index contributed by atoms with van der Waals surface area (Å²) < 4.78 is 0. The summed E-state index contributed by atoms with van der Waals surface area (Å²) in [4.78, 5) is 4.99. The molecule has 1 aromatic rings. The molecular weight excluding hydrogens is 258 g/mol. The molecule has 3 nitrogen and oxygen atoms in total. The highest BCUT2D eigenvalue weighted by atomic mass is 15.3. The van der Waals surface area contributed by atoms with Gasteiger partial charge in [0.1, 0.15) is 0 Å². The van der Waals surface area contributed by atoms with Crippen molar-refractivity contribution in [3.05, 3.63) is 35.4 Å². The van der Waals surface area contributed by atoms with E-state index in [9.17, 15) is 0 Å². The molecule has 0 aromatic heterocycles. The van der Waals surface area contributed by atoms with Gasteiger partial charge < -0.3 is 10.6 Å². The minimum absolute atomic E-state index is 0.118. The topological polar surface area (TPSA) is 32.5 Å². The van der Waals surface area contributed by atoms with E-state index in [2.05, 4.69) is 61.8 Å². The van der Waals surface area contributed by atoms with E-state index in [0.717, 1.165) is 26.2 Å². The molecule has 0 amide bonds. The van der Waals surface area contributed by atoms with Gasteiger partial charge in [-0.1, -0.05) is 52.0 Å². The van der Waals surface area contributed by atoms with Crippen molar-refractivity contribution in [3.63, 3.8) is 0 Å². The molecule has 1 fully saturated rings. The Morgan fingerprint density at radius 1 is 1.00 bits per heavy atom. The SMILES string of the molecule is CCN1CCN(CC(N)c2ccc(C(C)(C)C)cc2)CC1. The molecule has 0 aliphatic carbocycles. The van der Waals surface area contributed by atoms with Crippen LogP contribution in [0.3, 0.4) is 0 Å². The molecule has 1 saturated heterocycles.